The van der Waals surface area contributed by atoms with Crippen LogP contribution in [0.15, 0.2) is 35.3 Å². The lowest BCUT2D eigenvalue weighted by Crippen LogP contribution is -2.30. The van der Waals surface area contributed by atoms with Gasteiger partial charge in [-0.25, -0.2) is 4.79 Å². The summed E-state index contributed by atoms with van der Waals surface area (Å²) in [4.78, 5) is 24.1. The van der Waals surface area contributed by atoms with Gasteiger partial charge in [-0.15, -0.1) is 0 Å². The number of methoxy groups -OCH3 is 2. The molecule has 0 bridgehead atoms. The molecule has 0 aliphatic carbocycles. The molecule has 1 aromatic carbocycles. The molecule has 0 aliphatic rings. The van der Waals surface area contributed by atoms with Crippen LogP contribution in [0.5, 0.6) is 11.5 Å². The Morgan fingerprint density at radius 1 is 1.21 bits per heavy atom. The van der Waals surface area contributed by atoms with E-state index in [1.165, 1.54) is 38.6 Å². The lowest BCUT2D eigenvalue weighted by molar-refractivity contribution is -0.141. The third-order valence-electron chi connectivity index (χ3n) is 3.93. The van der Waals surface area contributed by atoms with Gasteiger partial charge < -0.3 is 19.3 Å². The molecule has 0 spiro atoms. The van der Waals surface area contributed by atoms with Gasteiger partial charge in [0.2, 0.25) is 0 Å². The second kappa shape index (κ2) is 9.52. The summed E-state index contributed by atoms with van der Waals surface area (Å²) in [7, 11) is 2.71. The zero-order valence-corrected chi connectivity index (χ0v) is 15.8. The van der Waals surface area contributed by atoms with Crippen molar-refractivity contribution >= 4 is 17.6 Å². The van der Waals surface area contributed by atoms with E-state index in [-0.39, 0.29) is 40.7 Å². The van der Waals surface area contributed by atoms with E-state index in [0.29, 0.717) is 0 Å². The van der Waals surface area contributed by atoms with E-state index in [0.717, 1.165) is 10.6 Å². The van der Waals surface area contributed by atoms with Gasteiger partial charge in [0, 0.05) is 42.4 Å². The maximum Gasteiger partial charge on any atom is 0.387 e. The van der Waals surface area contributed by atoms with Crippen LogP contribution in [0.25, 0.3) is 11.1 Å². The Labute approximate surface area is 164 Å². The van der Waals surface area contributed by atoms with Gasteiger partial charge in [0.05, 0.1) is 13.3 Å². The second-order valence-corrected chi connectivity index (χ2v) is 6.09. The van der Waals surface area contributed by atoms with Crippen LogP contribution in [0.1, 0.15) is 12.5 Å². The van der Waals surface area contributed by atoms with Crippen LogP contribution in [0.2, 0.25) is 5.02 Å². The fraction of sp³-hybridized carbons (Fsp3) is 0.333. The molecule has 1 heterocycles. The average molecular weight is 418 g/mol. The number of alkyl halides is 2. The summed E-state index contributed by atoms with van der Waals surface area (Å²) < 4.78 is 41.1. The van der Waals surface area contributed by atoms with E-state index in [2.05, 4.69) is 4.74 Å². The fourth-order valence-electron chi connectivity index (χ4n) is 2.67. The first-order valence-electron chi connectivity index (χ1n) is 8.05. The molecule has 10 heteroatoms. The van der Waals surface area contributed by atoms with Crippen molar-refractivity contribution in [2.24, 2.45) is 0 Å². The zero-order valence-electron chi connectivity index (χ0n) is 15.0. The molecule has 1 aromatic heterocycles. The fourth-order valence-corrected chi connectivity index (χ4v) is 2.84. The highest BCUT2D eigenvalue weighted by molar-refractivity contribution is 6.31. The number of hydrogen-bond acceptors (Lipinski definition) is 5. The molecule has 2 aromatic rings. The predicted octanol–water partition coefficient (Wildman–Crippen LogP) is 3.44. The van der Waals surface area contributed by atoms with Gasteiger partial charge in [-0.1, -0.05) is 11.6 Å². The largest absolute Gasteiger partial charge is 0.495 e. The van der Waals surface area contributed by atoms with E-state index >= 15 is 0 Å². The van der Waals surface area contributed by atoms with Gasteiger partial charge in [-0.2, -0.15) is 8.78 Å². The van der Waals surface area contributed by atoms with Crippen LogP contribution in [0.4, 0.5) is 8.78 Å². The van der Waals surface area contributed by atoms with Crippen LogP contribution in [0, 0.1) is 0 Å². The SMILES string of the molecule is COCCC(C(=O)O)n1cc(OC)c(-c2cc(Cl)ccc2OC(F)F)cc1=O. The zero-order chi connectivity index (χ0) is 20.8. The topological polar surface area (TPSA) is 87.0 Å². The summed E-state index contributed by atoms with van der Waals surface area (Å²) in [5.74, 6) is -1.34. The number of aliphatic carboxylic acids is 1. The molecule has 0 radical (unpaired) electrons. The van der Waals surface area contributed by atoms with Crippen LogP contribution in [0.3, 0.4) is 0 Å². The quantitative estimate of drug-likeness (QED) is 0.672. The summed E-state index contributed by atoms with van der Waals surface area (Å²) in [5, 5.41) is 9.66. The lowest BCUT2D eigenvalue weighted by atomic mass is 10.0. The number of carbonyl (C=O) groups is 1. The molecule has 0 aliphatic heterocycles. The smallest absolute Gasteiger partial charge is 0.387 e. The highest BCUT2D eigenvalue weighted by Gasteiger charge is 2.24. The van der Waals surface area contributed by atoms with E-state index < -0.39 is 24.2 Å². The number of carboxylic acid groups (broad SMARTS) is 1. The minimum atomic E-state index is -3.09. The number of hydrogen-bond donors (Lipinski definition) is 1. The summed E-state index contributed by atoms with van der Waals surface area (Å²) in [6.45, 7) is -2.97. The Hall–Kier alpha value is -2.65. The van der Waals surface area contributed by atoms with Crippen molar-refractivity contribution < 1.29 is 32.9 Å². The minimum Gasteiger partial charge on any atom is -0.495 e. The summed E-state index contributed by atoms with van der Waals surface area (Å²) >= 11 is 5.96. The molecular weight excluding hydrogens is 400 g/mol. The first kappa shape index (κ1) is 21.6. The molecule has 1 unspecified atom stereocenters. The van der Waals surface area contributed by atoms with Crippen LogP contribution in [-0.2, 0) is 9.53 Å². The van der Waals surface area contributed by atoms with Gasteiger partial charge in [-0.05, 0) is 18.2 Å². The summed E-state index contributed by atoms with van der Waals surface area (Å²) in [6, 6.07) is 3.85. The van der Waals surface area contributed by atoms with Crippen molar-refractivity contribution in [1.82, 2.24) is 4.57 Å². The van der Waals surface area contributed by atoms with Crippen molar-refractivity contribution in [1.29, 1.82) is 0 Å². The lowest BCUT2D eigenvalue weighted by Gasteiger charge is -2.19. The number of benzene rings is 1. The van der Waals surface area contributed by atoms with Gasteiger partial charge in [0.1, 0.15) is 17.5 Å². The number of carboxylic acids is 1. The van der Waals surface area contributed by atoms with Crippen LogP contribution >= 0.6 is 11.6 Å². The summed E-state index contributed by atoms with van der Waals surface area (Å²) in [5.41, 5.74) is -0.419. The van der Waals surface area contributed by atoms with E-state index in [1.807, 2.05) is 0 Å². The Bertz CT molecular complexity index is 902. The highest BCUT2D eigenvalue weighted by atomic mass is 35.5. The number of rotatable bonds is 9. The Kier molecular flexibility index (Phi) is 7.36. The molecular formula is C18H18ClF2NO6. The Morgan fingerprint density at radius 3 is 2.46 bits per heavy atom. The van der Waals surface area contributed by atoms with Gasteiger partial charge in [-0.3, -0.25) is 9.36 Å². The van der Waals surface area contributed by atoms with Crippen LogP contribution in [-0.4, -0.2) is 43.1 Å². The number of aromatic nitrogens is 1. The minimum absolute atomic E-state index is 0.0468. The van der Waals surface area contributed by atoms with Gasteiger partial charge >= 0.3 is 12.6 Å². The standard InChI is InChI=1S/C18H18ClF2NO6/c1-26-6-5-13(17(24)25)22-9-15(27-2)12(8-16(22)23)11-7-10(19)3-4-14(11)28-18(20)21/h3-4,7-9,13,18H,5-6H2,1-2H3,(H,24,25). The molecule has 7 nitrogen and oxygen atoms in total. The monoisotopic (exact) mass is 417 g/mol. The maximum absolute atomic E-state index is 12.7. The van der Waals surface area contributed by atoms with Crippen molar-refractivity contribution in [2.45, 2.75) is 19.1 Å². The van der Waals surface area contributed by atoms with E-state index in [4.69, 9.17) is 21.1 Å². The van der Waals surface area contributed by atoms with Gasteiger partial charge in [0.25, 0.3) is 5.56 Å². The molecule has 0 fully saturated rings. The van der Waals surface area contributed by atoms with Crippen molar-refractivity contribution in [3.05, 3.63) is 45.8 Å². The number of ether oxygens (including phenoxy) is 3. The third-order valence-corrected chi connectivity index (χ3v) is 4.16. The molecule has 1 N–H and O–H groups in total. The first-order valence-corrected chi connectivity index (χ1v) is 8.43. The van der Waals surface area contributed by atoms with Crippen molar-refractivity contribution in [3.63, 3.8) is 0 Å². The maximum atomic E-state index is 12.7. The van der Waals surface area contributed by atoms with Crippen molar-refractivity contribution in [3.8, 4) is 22.6 Å². The molecule has 2 rings (SSSR count). The van der Waals surface area contributed by atoms with Crippen LogP contribution < -0.4 is 15.0 Å². The Morgan fingerprint density at radius 2 is 1.89 bits per heavy atom. The normalized spacial score (nSPS) is 12.1. The molecule has 0 saturated heterocycles. The highest BCUT2D eigenvalue weighted by Crippen LogP contribution is 2.38. The average Bonchev–Trinajstić information content (AvgIpc) is 2.63. The molecule has 1 atom stereocenters. The third kappa shape index (κ3) is 4.99. The number of pyridine rings is 1. The number of halogens is 3. The summed E-state index contributed by atoms with van der Waals surface area (Å²) in [6.07, 6.45) is 1.25. The molecule has 0 amide bonds. The van der Waals surface area contributed by atoms with E-state index in [1.54, 1.807) is 0 Å². The van der Waals surface area contributed by atoms with Crippen molar-refractivity contribution in [2.75, 3.05) is 20.8 Å². The van der Waals surface area contributed by atoms with E-state index in [9.17, 15) is 23.5 Å². The second-order valence-electron chi connectivity index (χ2n) is 5.66. The Balaban J connectivity index is 2.63. The number of nitrogens with zero attached hydrogens (tertiary/aromatic N) is 1. The molecule has 28 heavy (non-hydrogen) atoms. The molecule has 152 valence electrons. The molecule has 0 saturated carbocycles. The predicted molar refractivity (Wildman–Crippen MR) is 97.5 cm³/mol. The first-order chi connectivity index (χ1) is 13.3. The van der Waals surface area contributed by atoms with Gasteiger partial charge in [0.15, 0.2) is 0 Å².